The highest BCUT2D eigenvalue weighted by Gasteiger charge is 2.15. The molecule has 20 heavy (non-hydrogen) atoms. The van der Waals surface area contributed by atoms with Crippen LogP contribution in [0.4, 0.5) is 5.69 Å². The van der Waals surface area contributed by atoms with Crippen LogP contribution in [0.1, 0.15) is 0 Å². The molecule has 2 heterocycles. The monoisotopic (exact) mass is 269 g/mol. The number of fused-ring (bicyclic) bond motifs is 1. The number of hydrogen-bond donors (Lipinski definition) is 0. The topological polar surface area (TPSA) is 28.5 Å². The van der Waals surface area contributed by atoms with E-state index in [2.05, 4.69) is 29.5 Å². The summed E-state index contributed by atoms with van der Waals surface area (Å²) in [6, 6.07) is 7.64. The lowest BCUT2D eigenvalue weighted by Gasteiger charge is -2.34. The maximum atomic E-state index is 11.9. The highest BCUT2D eigenvalue weighted by molar-refractivity contribution is 5.84. The molecule has 0 unspecified atom stereocenters. The predicted molar refractivity (Wildman–Crippen MR) is 84.3 cm³/mol. The van der Waals surface area contributed by atoms with Gasteiger partial charge in [-0.15, -0.1) is 0 Å². The van der Waals surface area contributed by atoms with E-state index in [-0.39, 0.29) is 5.43 Å². The van der Waals surface area contributed by atoms with Gasteiger partial charge in [0.2, 0.25) is 0 Å². The molecule has 1 aromatic carbocycles. The molecule has 0 amide bonds. The lowest BCUT2D eigenvalue weighted by Crippen LogP contribution is -2.44. The predicted octanol–water partition coefficient (Wildman–Crippen LogP) is 1.85. The van der Waals surface area contributed by atoms with Gasteiger partial charge in [0.25, 0.3) is 0 Å². The van der Waals surface area contributed by atoms with Crippen molar-refractivity contribution < 1.29 is 0 Å². The minimum absolute atomic E-state index is 0.0584. The molecule has 0 bridgehead atoms. The number of rotatable bonds is 2. The van der Waals surface area contributed by atoms with E-state index in [0.29, 0.717) is 0 Å². The third kappa shape index (κ3) is 2.23. The summed E-state index contributed by atoms with van der Waals surface area (Å²) in [6.45, 7) is 7.99. The van der Waals surface area contributed by atoms with Gasteiger partial charge in [0, 0.05) is 55.7 Å². The quantitative estimate of drug-likeness (QED) is 0.833. The molecule has 0 spiro atoms. The van der Waals surface area contributed by atoms with Crippen LogP contribution in [0.3, 0.4) is 0 Å². The van der Waals surface area contributed by atoms with Gasteiger partial charge in [-0.1, -0.05) is 6.58 Å². The van der Waals surface area contributed by atoms with E-state index in [1.807, 2.05) is 16.7 Å². The van der Waals surface area contributed by atoms with Gasteiger partial charge >= 0.3 is 0 Å². The lowest BCUT2D eigenvalue weighted by atomic mass is 10.1. The normalized spacial score (nSPS) is 16.6. The molecule has 1 fully saturated rings. The van der Waals surface area contributed by atoms with Crippen LogP contribution in [0.25, 0.3) is 17.1 Å². The first kappa shape index (κ1) is 12.9. The Kier molecular flexibility index (Phi) is 3.32. The molecule has 0 saturated carbocycles. The van der Waals surface area contributed by atoms with Crippen molar-refractivity contribution in [2.45, 2.75) is 0 Å². The Morgan fingerprint density at radius 2 is 1.90 bits per heavy atom. The van der Waals surface area contributed by atoms with Gasteiger partial charge in [-0.05, 0) is 25.2 Å². The molecular formula is C16H19N3O. The lowest BCUT2D eigenvalue weighted by molar-refractivity contribution is 0.313. The van der Waals surface area contributed by atoms with E-state index in [4.69, 9.17) is 0 Å². The van der Waals surface area contributed by atoms with Crippen molar-refractivity contribution in [3.63, 3.8) is 0 Å². The maximum Gasteiger partial charge on any atom is 0.189 e. The fourth-order valence-electron chi connectivity index (χ4n) is 2.68. The van der Waals surface area contributed by atoms with Crippen LogP contribution in [0.15, 0.2) is 41.8 Å². The summed E-state index contributed by atoms with van der Waals surface area (Å²) in [7, 11) is 2.15. The fraction of sp³-hybridized carbons (Fsp3) is 0.312. The largest absolute Gasteiger partial charge is 0.369 e. The van der Waals surface area contributed by atoms with E-state index in [0.717, 1.165) is 37.1 Å². The first-order valence-electron chi connectivity index (χ1n) is 6.90. The number of hydrogen-bond acceptors (Lipinski definition) is 3. The molecule has 0 radical (unpaired) electrons. The molecule has 4 nitrogen and oxygen atoms in total. The fourth-order valence-corrected chi connectivity index (χ4v) is 2.68. The third-order valence-electron chi connectivity index (χ3n) is 3.98. The van der Waals surface area contributed by atoms with Crippen molar-refractivity contribution in [2.75, 3.05) is 38.1 Å². The second-order valence-electron chi connectivity index (χ2n) is 5.26. The molecule has 0 atom stereocenters. The summed E-state index contributed by atoms with van der Waals surface area (Å²) >= 11 is 0. The zero-order valence-corrected chi connectivity index (χ0v) is 11.7. The Hall–Kier alpha value is -2.07. The van der Waals surface area contributed by atoms with Gasteiger partial charge in [0.1, 0.15) is 0 Å². The van der Waals surface area contributed by atoms with Crippen LogP contribution in [-0.2, 0) is 0 Å². The van der Waals surface area contributed by atoms with Crippen LogP contribution in [0.2, 0.25) is 0 Å². The molecule has 1 saturated heterocycles. The van der Waals surface area contributed by atoms with Gasteiger partial charge in [-0.3, -0.25) is 4.79 Å². The SMILES string of the molecule is C=Cn1ccc(=O)c2ccc(N3CCN(C)CC3)cc21. The summed E-state index contributed by atoms with van der Waals surface area (Å²) in [4.78, 5) is 16.6. The number of anilines is 1. The van der Waals surface area contributed by atoms with Crippen molar-refractivity contribution in [3.8, 4) is 0 Å². The summed E-state index contributed by atoms with van der Waals surface area (Å²) in [5.74, 6) is 0. The minimum atomic E-state index is 0.0584. The number of benzene rings is 1. The smallest absolute Gasteiger partial charge is 0.189 e. The van der Waals surface area contributed by atoms with E-state index < -0.39 is 0 Å². The van der Waals surface area contributed by atoms with E-state index in [1.165, 1.54) is 5.69 Å². The summed E-state index contributed by atoms with van der Waals surface area (Å²) in [5, 5.41) is 0.741. The summed E-state index contributed by atoms with van der Waals surface area (Å²) < 4.78 is 1.90. The molecule has 3 rings (SSSR count). The van der Waals surface area contributed by atoms with Gasteiger partial charge in [-0.25, -0.2) is 0 Å². The van der Waals surface area contributed by atoms with Crippen LogP contribution >= 0.6 is 0 Å². The van der Waals surface area contributed by atoms with Crippen LogP contribution < -0.4 is 10.3 Å². The second-order valence-corrected chi connectivity index (χ2v) is 5.26. The van der Waals surface area contributed by atoms with Crippen LogP contribution in [-0.4, -0.2) is 42.7 Å². The Bertz CT molecular complexity index is 696. The van der Waals surface area contributed by atoms with Crippen molar-refractivity contribution in [2.24, 2.45) is 0 Å². The van der Waals surface area contributed by atoms with E-state index in [1.54, 1.807) is 18.5 Å². The molecule has 1 aromatic heterocycles. The Balaban J connectivity index is 2.06. The number of nitrogens with zero attached hydrogens (tertiary/aromatic N) is 3. The Morgan fingerprint density at radius 3 is 2.60 bits per heavy atom. The first-order valence-corrected chi connectivity index (χ1v) is 6.90. The second kappa shape index (κ2) is 5.13. The number of aromatic nitrogens is 1. The zero-order valence-electron chi connectivity index (χ0n) is 11.7. The number of piperazine rings is 1. The minimum Gasteiger partial charge on any atom is -0.369 e. The van der Waals surface area contributed by atoms with E-state index in [9.17, 15) is 4.79 Å². The van der Waals surface area contributed by atoms with Crippen LogP contribution in [0.5, 0.6) is 0 Å². The van der Waals surface area contributed by atoms with Crippen LogP contribution in [0, 0.1) is 0 Å². The van der Waals surface area contributed by atoms with Gasteiger partial charge in [0.15, 0.2) is 5.43 Å². The van der Waals surface area contributed by atoms with E-state index >= 15 is 0 Å². The molecule has 0 N–H and O–H groups in total. The van der Waals surface area contributed by atoms with Crippen molar-refractivity contribution >= 4 is 22.8 Å². The molecule has 4 heteroatoms. The van der Waals surface area contributed by atoms with Crippen molar-refractivity contribution in [3.05, 3.63) is 47.3 Å². The summed E-state index contributed by atoms with van der Waals surface area (Å²) in [5.41, 5.74) is 2.15. The van der Waals surface area contributed by atoms with Crippen molar-refractivity contribution in [1.82, 2.24) is 9.47 Å². The number of pyridine rings is 1. The molecule has 1 aliphatic rings. The molecule has 2 aromatic rings. The van der Waals surface area contributed by atoms with Crippen molar-refractivity contribution in [1.29, 1.82) is 0 Å². The number of likely N-dealkylation sites (N-methyl/N-ethyl adjacent to an activating group) is 1. The zero-order chi connectivity index (χ0) is 14.1. The molecular weight excluding hydrogens is 250 g/mol. The standard InChI is InChI=1S/C16H19N3O/c1-3-18-7-6-16(20)14-5-4-13(12-15(14)18)19-10-8-17(2)9-11-19/h3-7,12H,1,8-11H2,2H3. The highest BCUT2D eigenvalue weighted by Crippen LogP contribution is 2.21. The summed E-state index contributed by atoms with van der Waals surface area (Å²) in [6.07, 6.45) is 3.50. The average Bonchev–Trinajstić information content (AvgIpc) is 2.48. The van der Waals surface area contributed by atoms with Gasteiger partial charge in [-0.2, -0.15) is 0 Å². The average molecular weight is 269 g/mol. The van der Waals surface area contributed by atoms with Gasteiger partial charge < -0.3 is 14.4 Å². The molecule has 0 aliphatic carbocycles. The molecule has 1 aliphatic heterocycles. The van der Waals surface area contributed by atoms with Gasteiger partial charge in [0.05, 0.1) is 5.52 Å². The maximum absolute atomic E-state index is 11.9. The third-order valence-corrected chi connectivity index (χ3v) is 3.98. The highest BCUT2D eigenvalue weighted by atomic mass is 16.1. The first-order chi connectivity index (χ1) is 9.69. The Labute approximate surface area is 118 Å². The Morgan fingerprint density at radius 1 is 1.15 bits per heavy atom. The molecule has 104 valence electrons.